The van der Waals surface area contributed by atoms with E-state index in [0.29, 0.717) is 17.3 Å². The lowest BCUT2D eigenvalue weighted by atomic mass is 9.75. The summed E-state index contributed by atoms with van der Waals surface area (Å²) in [6.45, 7) is 4.75. The van der Waals surface area contributed by atoms with Crippen LogP contribution in [0.1, 0.15) is 51.4 Å². The van der Waals surface area contributed by atoms with Gasteiger partial charge in [0.2, 0.25) is 0 Å². The molecule has 3 heteroatoms. The van der Waals surface area contributed by atoms with Gasteiger partial charge in [-0.15, -0.1) is 11.6 Å². The molecule has 102 valence electrons. The molecule has 0 amide bonds. The molecule has 19 heavy (non-hydrogen) atoms. The van der Waals surface area contributed by atoms with E-state index in [-0.39, 0.29) is 0 Å². The molecule has 0 saturated heterocycles. The maximum Gasteiger partial charge on any atom is 0.125 e. The van der Waals surface area contributed by atoms with Crippen LogP contribution >= 0.6 is 11.6 Å². The molecule has 0 atom stereocenters. The zero-order chi connectivity index (χ0) is 13.5. The number of para-hydroxylation sites is 2. The maximum absolute atomic E-state index is 6.10. The van der Waals surface area contributed by atoms with Gasteiger partial charge in [-0.05, 0) is 43.2 Å². The first-order chi connectivity index (χ1) is 9.11. The Morgan fingerprint density at radius 3 is 2.63 bits per heavy atom. The molecule has 0 aliphatic heterocycles. The zero-order valence-electron chi connectivity index (χ0n) is 11.7. The standard InChI is InChI=1S/C16H21ClN2/c1-16(2)9-7-12(8-10-16)19-14-6-4-3-5-13(14)18-15(19)11-17/h3-6,12H,7-11H2,1-2H3. The molecule has 0 spiro atoms. The summed E-state index contributed by atoms with van der Waals surface area (Å²) in [6, 6.07) is 8.94. The third-order valence-electron chi connectivity index (χ3n) is 4.46. The van der Waals surface area contributed by atoms with Crippen LogP contribution in [0.2, 0.25) is 0 Å². The highest BCUT2D eigenvalue weighted by molar-refractivity contribution is 6.16. The second kappa shape index (κ2) is 4.82. The lowest BCUT2D eigenvalue weighted by molar-refractivity contribution is 0.194. The number of alkyl halides is 1. The average Bonchev–Trinajstić information content (AvgIpc) is 2.77. The first-order valence-electron chi connectivity index (χ1n) is 7.12. The minimum absolute atomic E-state index is 0.494. The molecule has 3 rings (SSSR count). The molecule has 1 saturated carbocycles. The molecule has 0 unspecified atom stereocenters. The minimum Gasteiger partial charge on any atom is -0.324 e. The number of imidazole rings is 1. The van der Waals surface area contributed by atoms with Gasteiger partial charge in [0.1, 0.15) is 5.82 Å². The number of benzene rings is 1. The monoisotopic (exact) mass is 276 g/mol. The predicted molar refractivity (Wildman–Crippen MR) is 80.6 cm³/mol. The lowest BCUT2D eigenvalue weighted by Gasteiger charge is -2.35. The van der Waals surface area contributed by atoms with E-state index in [0.717, 1.165) is 11.3 Å². The van der Waals surface area contributed by atoms with Crippen molar-refractivity contribution in [3.63, 3.8) is 0 Å². The van der Waals surface area contributed by atoms with Crippen molar-refractivity contribution in [2.75, 3.05) is 0 Å². The van der Waals surface area contributed by atoms with Gasteiger partial charge in [0.15, 0.2) is 0 Å². The normalized spacial score (nSPS) is 19.9. The topological polar surface area (TPSA) is 17.8 Å². The summed E-state index contributed by atoms with van der Waals surface area (Å²) in [7, 11) is 0. The van der Waals surface area contributed by atoms with E-state index in [2.05, 4.69) is 41.6 Å². The van der Waals surface area contributed by atoms with Crippen LogP contribution in [-0.2, 0) is 5.88 Å². The van der Waals surface area contributed by atoms with Crippen molar-refractivity contribution in [1.82, 2.24) is 9.55 Å². The molecule has 1 fully saturated rings. The second-order valence-electron chi connectivity index (χ2n) is 6.42. The summed E-state index contributed by atoms with van der Waals surface area (Å²) in [5.41, 5.74) is 2.81. The molecule has 1 aliphatic rings. The Labute approximate surface area is 119 Å². The van der Waals surface area contributed by atoms with Crippen LogP contribution in [0.25, 0.3) is 11.0 Å². The molecule has 1 aliphatic carbocycles. The third kappa shape index (κ3) is 2.38. The Bertz CT molecular complexity index is 575. The van der Waals surface area contributed by atoms with Crippen molar-refractivity contribution in [2.24, 2.45) is 5.41 Å². The quantitative estimate of drug-likeness (QED) is 0.712. The summed E-state index contributed by atoms with van der Waals surface area (Å²) >= 11 is 6.10. The summed E-state index contributed by atoms with van der Waals surface area (Å²) in [5.74, 6) is 1.52. The van der Waals surface area contributed by atoms with E-state index in [4.69, 9.17) is 11.6 Å². The van der Waals surface area contributed by atoms with Crippen molar-refractivity contribution in [2.45, 2.75) is 51.5 Å². The summed E-state index contributed by atoms with van der Waals surface area (Å²) in [6.07, 6.45) is 5.03. The Kier molecular flexibility index (Phi) is 3.30. The van der Waals surface area contributed by atoms with E-state index in [1.54, 1.807) is 0 Å². The number of hydrogen-bond acceptors (Lipinski definition) is 1. The van der Waals surface area contributed by atoms with Crippen LogP contribution in [-0.4, -0.2) is 9.55 Å². The number of nitrogens with zero attached hydrogens (tertiary/aromatic N) is 2. The van der Waals surface area contributed by atoms with Gasteiger partial charge in [0.25, 0.3) is 0 Å². The van der Waals surface area contributed by atoms with Crippen LogP contribution in [0, 0.1) is 5.41 Å². The summed E-state index contributed by atoms with van der Waals surface area (Å²) in [5, 5.41) is 0. The van der Waals surface area contributed by atoms with Gasteiger partial charge in [0.05, 0.1) is 16.9 Å². The van der Waals surface area contributed by atoms with E-state index in [9.17, 15) is 0 Å². The number of halogens is 1. The van der Waals surface area contributed by atoms with Gasteiger partial charge in [-0.2, -0.15) is 0 Å². The highest BCUT2D eigenvalue weighted by Gasteiger charge is 2.29. The largest absolute Gasteiger partial charge is 0.324 e. The number of fused-ring (bicyclic) bond motifs is 1. The zero-order valence-corrected chi connectivity index (χ0v) is 12.5. The highest BCUT2D eigenvalue weighted by atomic mass is 35.5. The first-order valence-corrected chi connectivity index (χ1v) is 7.66. The predicted octanol–water partition coefficient (Wildman–Crippen LogP) is 4.92. The molecular formula is C16H21ClN2. The molecule has 2 aromatic rings. The van der Waals surface area contributed by atoms with Crippen molar-refractivity contribution >= 4 is 22.6 Å². The van der Waals surface area contributed by atoms with Gasteiger partial charge < -0.3 is 4.57 Å². The fourth-order valence-corrected chi connectivity index (χ4v) is 3.43. The molecule has 1 heterocycles. The fourth-order valence-electron chi connectivity index (χ4n) is 3.24. The van der Waals surface area contributed by atoms with E-state index >= 15 is 0 Å². The van der Waals surface area contributed by atoms with Crippen molar-refractivity contribution < 1.29 is 0 Å². The summed E-state index contributed by atoms with van der Waals surface area (Å²) in [4.78, 5) is 4.67. The highest BCUT2D eigenvalue weighted by Crippen LogP contribution is 2.41. The average molecular weight is 277 g/mol. The van der Waals surface area contributed by atoms with Crippen LogP contribution < -0.4 is 0 Å². The number of rotatable bonds is 2. The molecule has 0 N–H and O–H groups in total. The Morgan fingerprint density at radius 1 is 1.26 bits per heavy atom. The third-order valence-corrected chi connectivity index (χ3v) is 4.70. The SMILES string of the molecule is CC1(C)CCC(n2c(CCl)nc3ccccc32)CC1. The van der Waals surface area contributed by atoms with Crippen LogP contribution in [0.15, 0.2) is 24.3 Å². The number of aromatic nitrogens is 2. The van der Waals surface area contributed by atoms with Crippen molar-refractivity contribution in [3.8, 4) is 0 Å². The van der Waals surface area contributed by atoms with Crippen LogP contribution in [0.5, 0.6) is 0 Å². The molecule has 1 aromatic carbocycles. The van der Waals surface area contributed by atoms with E-state index in [1.807, 2.05) is 6.07 Å². The Morgan fingerprint density at radius 2 is 1.95 bits per heavy atom. The van der Waals surface area contributed by atoms with Crippen molar-refractivity contribution in [1.29, 1.82) is 0 Å². The Balaban J connectivity index is 2.00. The van der Waals surface area contributed by atoms with Crippen LogP contribution in [0.3, 0.4) is 0 Å². The Hall–Kier alpha value is -1.02. The fraction of sp³-hybridized carbons (Fsp3) is 0.562. The van der Waals surface area contributed by atoms with Gasteiger partial charge in [-0.25, -0.2) is 4.98 Å². The molecule has 2 nitrogen and oxygen atoms in total. The lowest BCUT2D eigenvalue weighted by Crippen LogP contribution is -2.24. The minimum atomic E-state index is 0.494. The van der Waals surface area contributed by atoms with Crippen molar-refractivity contribution in [3.05, 3.63) is 30.1 Å². The van der Waals surface area contributed by atoms with Gasteiger partial charge in [-0.3, -0.25) is 0 Å². The summed E-state index contributed by atoms with van der Waals surface area (Å²) < 4.78 is 2.39. The maximum atomic E-state index is 6.10. The smallest absolute Gasteiger partial charge is 0.125 e. The molecule has 0 bridgehead atoms. The van der Waals surface area contributed by atoms with Gasteiger partial charge >= 0.3 is 0 Å². The van der Waals surface area contributed by atoms with Gasteiger partial charge in [0, 0.05) is 6.04 Å². The second-order valence-corrected chi connectivity index (χ2v) is 6.68. The number of hydrogen-bond donors (Lipinski definition) is 0. The first kappa shape index (κ1) is 13.0. The molecular weight excluding hydrogens is 256 g/mol. The molecule has 0 radical (unpaired) electrons. The van der Waals surface area contributed by atoms with E-state index in [1.165, 1.54) is 31.2 Å². The van der Waals surface area contributed by atoms with Crippen LogP contribution in [0.4, 0.5) is 0 Å². The van der Waals surface area contributed by atoms with E-state index < -0.39 is 0 Å². The van der Waals surface area contributed by atoms with Gasteiger partial charge in [-0.1, -0.05) is 26.0 Å². The molecule has 1 aromatic heterocycles.